The molecule has 35 heavy (non-hydrogen) atoms. The van der Waals surface area contributed by atoms with Gasteiger partial charge in [0.25, 0.3) is 0 Å². The molecule has 1 aromatic rings. The summed E-state index contributed by atoms with van der Waals surface area (Å²) in [5, 5.41) is 0. The van der Waals surface area contributed by atoms with Crippen molar-refractivity contribution in [2.24, 2.45) is 0 Å². The van der Waals surface area contributed by atoms with Gasteiger partial charge in [-0.05, 0) is 24.8 Å². The number of hydrogen-bond acceptors (Lipinski definition) is 3. The van der Waals surface area contributed by atoms with Gasteiger partial charge in [0.05, 0.1) is 6.61 Å². The van der Waals surface area contributed by atoms with E-state index >= 15 is 0 Å². The van der Waals surface area contributed by atoms with Crippen LogP contribution in [0.2, 0.25) is 0 Å². The third-order valence-electron chi connectivity index (χ3n) is 6.39. The summed E-state index contributed by atoms with van der Waals surface area (Å²) in [5.41, 5.74) is 1.50. The highest BCUT2D eigenvalue weighted by molar-refractivity contribution is 7.80. The first-order valence-corrected chi connectivity index (χ1v) is 16.0. The quantitative estimate of drug-likeness (QED) is 0.117. The lowest BCUT2D eigenvalue weighted by Crippen LogP contribution is -2.04. The fourth-order valence-electron chi connectivity index (χ4n) is 4.21. The molecule has 0 saturated heterocycles. The van der Waals surface area contributed by atoms with Crippen LogP contribution in [0.15, 0.2) is 30.3 Å². The molecule has 4 nitrogen and oxygen atoms in total. The molecule has 0 amide bonds. The van der Waals surface area contributed by atoms with E-state index in [0.29, 0.717) is 6.42 Å². The number of unbranched alkanes of at least 4 members (excludes halogenated alkanes) is 18. The molecule has 1 aromatic carbocycles. The Bertz CT molecular complexity index is 631. The number of rotatable bonds is 23. The zero-order valence-corrected chi connectivity index (χ0v) is 23.8. The highest BCUT2D eigenvalue weighted by Crippen LogP contribution is 2.12. The second-order valence-electron chi connectivity index (χ2n) is 9.85. The van der Waals surface area contributed by atoms with E-state index in [1.807, 2.05) is 0 Å². The molecule has 0 bridgehead atoms. The maximum atomic E-state index is 10.2. The lowest BCUT2D eigenvalue weighted by molar-refractivity contribution is 0.261. The largest absolute Gasteiger partial charge is 0.397 e. The topological polar surface area (TPSA) is 63.6 Å². The molecule has 5 heteroatoms. The zero-order valence-electron chi connectivity index (χ0n) is 23.0. The smallest absolute Gasteiger partial charge is 0.264 e. The normalized spacial score (nSPS) is 11.3. The molecule has 0 aliphatic rings. The first-order chi connectivity index (χ1) is 17.0. The molecule has 0 aromatic heterocycles. The van der Waals surface area contributed by atoms with Crippen LogP contribution >= 0.6 is 0 Å². The van der Waals surface area contributed by atoms with Gasteiger partial charge in [0.1, 0.15) is 0 Å². The van der Waals surface area contributed by atoms with Crippen LogP contribution in [0.3, 0.4) is 0 Å². The maximum Gasteiger partial charge on any atom is 0.397 e. The van der Waals surface area contributed by atoms with E-state index in [4.69, 9.17) is 4.55 Å². The predicted molar refractivity (Wildman–Crippen MR) is 151 cm³/mol. The minimum absolute atomic E-state index is 0.0926. The van der Waals surface area contributed by atoms with Crippen molar-refractivity contribution in [2.45, 2.75) is 149 Å². The van der Waals surface area contributed by atoms with Crippen molar-refractivity contribution in [3.05, 3.63) is 35.9 Å². The molecule has 0 fully saturated rings. The van der Waals surface area contributed by atoms with Gasteiger partial charge in [-0.1, -0.05) is 160 Å². The first kappa shape index (κ1) is 34.1. The number of hydrogen-bond donors (Lipinski definition) is 1. The first-order valence-electron chi connectivity index (χ1n) is 14.6. The SMILES string of the molecule is CCCCCCCCCCCCOS(=O)(=O)O.CCCCCCCCCCCCc1ccccc1. The molecule has 0 spiro atoms. The van der Waals surface area contributed by atoms with Crippen molar-refractivity contribution < 1.29 is 17.2 Å². The van der Waals surface area contributed by atoms with Gasteiger partial charge < -0.3 is 0 Å². The molecule has 1 N–H and O–H groups in total. The summed E-state index contributed by atoms with van der Waals surface area (Å²) in [5.74, 6) is 0. The Hall–Kier alpha value is -0.910. The molecule has 0 aliphatic heterocycles. The van der Waals surface area contributed by atoms with Gasteiger partial charge in [-0.3, -0.25) is 4.55 Å². The Kier molecular flexibility index (Phi) is 25.5. The summed E-state index contributed by atoms with van der Waals surface area (Å²) < 4.78 is 33.0. The minimum Gasteiger partial charge on any atom is -0.264 e. The van der Waals surface area contributed by atoms with E-state index in [1.54, 1.807) is 0 Å². The van der Waals surface area contributed by atoms with Crippen molar-refractivity contribution in [1.82, 2.24) is 0 Å². The summed E-state index contributed by atoms with van der Waals surface area (Å²) in [7, 11) is -4.23. The summed E-state index contributed by atoms with van der Waals surface area (Å²) in [6, 6.07) is 10.9. The molecule has 0 heterocycles. The van der Waals surface area contributed by atoms with E-state index in [9.17, 15) is 8.42 Å². The Morgan fingerprint density at radius 2 is 0.943 bits per heavy atom. The van der Waals surface area contributed by atoms with Gasteiger partial charge in [0.2, 0.25) is 0 Å². The van der Waals surface area contributed by atoms with Crippen LogP contribution in [0.5, 0.6) is 0 Å². The van der Waals surface area contributed by atoms with E-state index in [0.717, 1.165) is 12.8 Å². The Morgan fingerprint density at radius 1 is 0.571 bits per heavy atom. The second-order valence-corrected chi connectivity index (χ2v) is 10.9. The van der Waals surface area contributed by atoms with Crippen molar-refractivity contribution in [3.8, 4) is 0 Å². The molecular weight excluding hydrogens is 456 g/mol. The molecule has 0 saturated carbocycles. The van der Waals surface area contributed by atoms with E-state index in [-0.39, 0.29) is 6.61 Å². The van der Waals surface area contributed by atoms with Crippen LogP contribution in [-0.4, -0.2) is 19.6 Å². The standard InChI is InChI=1S/C18H30.C12H26O4S/c1-2-3-4-5-6-7-8-9-10-12-15-18-16-13-11-14-17-18;1-2-3-4-5-6-7-8-9-10-11-12-16-17(13,14)15/h11,13-14,16-17H,2-10,12,15H2,1H3;2-12H2,1H3,(H,13,14,15). The van der Waals surface area contributed by atoms with Gasteiger partial charge in [0, 0.05) is 0 Å². The Balaban J connectivity index is 0.000000662. The molecular formula is C30H56O4S. The lowest BCUT2D eigenvalue weighted by atomic mass is 10.0. The van der Waals surface area contributed by atoms with Crippen molar-refractivity contribution in [1.29, 1.82) is 0 Å². The Morgan fingerprint density at radius 3 is 1.34 bits per heavy atom. The molecule has 1 rings (SSSR count). The van der Waals surface area contributed by atoms with Gasteiger partial charge in [-0.25, -0.2) is 4.18 Å². The highest BCUT2D eigenvalue weighted by Gasteiger charge is 2.02. The van der Waals surface area contributed by atoms with Crippen LogP contribution < -0.4 is 0 Å². The molecule has 0 atom stereocenters. The third-order valence-corrected chi connectivity index (χ3v) is 6.86. The summed E-state index contributed by atoms with van der Waals surface area (Å²) in [6.45, 7) is 4.59. The highest BCUT2D eigenvalue weighted by atomic mass is 32.3. The third kappa shape index (κ3) is 29.2. The molecule has 206 valence electrons. The van der Waals surface area contributed by atoms with Crippen LogP contribution in [0.4, 0.5) is 0 Å². The van der Waals surface area contributed by atoms with Crippen LogP contribution in [0.1, 0.15) is 148 Å². The molecule has 0 aliphatic carbocycles. The van der Waals surface area contributed by atoms with Crippen LogP contribution in [0, 0.1) is 0 Å². The number of benzene rings is 1. The average Bonchev–Trinajstić information content (AvgIpc) is 2.84. The summed E-state index contributed by atoms with van der Waals surface area (Å²) in [6.07, 6.45) is 27.4. The summed E-state index contributed by atoms with van der Waals surface area (Å²) >= 11 is 0. The molecule has 0 radical (unpaired) electrons. The van der Waals surface area contributed by atoms with Gasteiger partial charge in [-0.2, -0.15) is 8.42 Å². The van der Waals surface area contributed by atoms with Gasteiger partial charge >= 0.3 is 10.4 Å². The van der Waals surface area contributed by atoms with E-state index < -0.39 is 10.4 Å². The van der Waals surface area contributed by atoms with E-state index in [1.165, 1.54) is 121 Å². The monoisotopic (exact) mass is 512 g/mol. The zero-order chi connectivity index (χ0) is 25.9. The van der Waals surface area contributed by atoms with Crippen molar-refractivity contribution in [3.63, 3.8) is 0 Å². The van der Waals surface area contributed by atoms with Gasteiger partial charge in [0.15, 0.2) is 0 Å². The van der Waals surface area contributed by atoms with Crippen LogP contribution in [0.25, 0.3) is 0 Å². The van der Waals surface area contributed by atoms with Crippen LogP contribution in [-0.2, 0) is 21.0 Å². The molecule has 0 unspecified atom stereocenters. The Labute approximate surface area is 218 Å². The number of aryl methyl sites for hydroxylation is 1. The minimum atomic E-state index is -4.23. The second kappa shape index (κ2) is 26.2. The fraction of sp³-hybridized carbons (Fsp3) is 0.800. The lowest BCUT2D eigenvalue weighted by Gasteiger charge is -2.03. The fourth-order valence-corrected chi connectivity index (χ4v) is 4.54. The average molecular weight is 513 g/mol. The van der Waals surface area contributed by atoms with Crippen molar-refractivity contribution >= 4 is 10.4 Å². The van der Waals surface area contributed by atoms with Crippen molar-refractivity contribution in [2.75, 3.05) is 6.61 Å². The maximum absolute atomic E-state index is 10.2. The van der Waals surface area contributed by atoms with E-state index in [2.05, 4.69) is 48.4 Å². The predicted octanol–water partition coefficient (Wildman–Crippen LogP) is 9.88. The van der Waals surface area contributed by atoms with Gasteiger partial charge in [-0.15, -0.1) is 0 Å². The summed E-state index contributed by atoms with van der Waals surface area (Å²) in [4.78, 5) is 0.